The summed E-state index contributed by atoms with van der Waals surface area (Å²) in [5.74, 6) is 1.86. The summed E-state index contributed by atoms with van der Waals surface area (Å²) < 4.78 is 18.3. The highest BCUT2D eigenvalue weighted by atomic mass is 16.6. The molecule has 0 bridgehead atoms. The van der Waals surface area contributed by atoms with Crippen LogP contribution in [-0.2, 0) is 33.8 Å². The molecule has 1 aliphatic heterocycles. The Morgan fingerprint density at radius 1 is 1.02 bits per heavy atom. The third kappa shape index (κ3) is 8.25. The van der Waals surface area contributed by atoms with Crippen molar-refractivity contribution in [3.05, 3.63) is 59.9 Å². The fraction of sp³-hybridized carbons (Fsp3) is 0.500. The number of nitrogens with zero attached hydrogens (tertiary/aromatic N) is 5. The summed E-state index contributed by atoms with van der Waals surface area (Å²) in [6.45, 7) is 10.4. The van der Waals surface area contributed by atoms with Gasteiger partial charge in [0.05, 0.1) is 31.4 Å². The number of methoxy groups -OCH3 is 1. The quantitative estimate of drug-likeness (QED) is 0.183. The highest BCUT2D eigenvalue weighted by Gasteiger charge is 2.18. The number of pyridine rings is 1. The number of hydrogen-bond acceptors (Lipinski definition) is 9. The number of benzene rings is 2. The summed E-state index contributed by atoms with van der Waals surface area (Å²) in [5.41, 5.74) is 10.4. The second-order valence-corrected chi connectivity index (χ2v) is 11.4. The maximum Gasteiger partial charge on any atom is 0.343 e. The van der Waals surface area contributed by atoms with Gasteiger partial charge in [-0.15, -0.1) is 0 Å². The van der Waals surface area contributed by atoms with E-state index in [2.05, 4.69) is 44.5 Å². The first-order valence-corrected chi connectivity index (χ1v) is 15.9. The van der Waals surface area contributed by atoms with Crippen LogP contribution in [0.3, 0.4) is 0 Å². The molecule has 2 aromatic carbocycles. The Morgan fingerprint density at radius 3 is 2.61 bits per heavy atom. The number of rotatable bonds is 16. The van der Waals surface area contributed by atoms with Gasteiger partial charge in [-0.2, -0.15) is 0 Å². The molecule has 2 aromatic heterocycles. The highest BCUT2D eigenvalue weighted by Crippen LogP contribution is 2.29. The van der Waals surface area contributed by atoms with Crippen LogP contribution in [0.4, 0.5) is 5.82 Å². The number of anilines is 1. The third-order valence-corrected chi connectivity index (χ3v) is 8.24. The van der Waals surface area contributed by atoms with Gasteiger partial charge in [0.1, 0.15) is 17.1 Å². The first kappa shape index (κ1) is 31.7. The van der Waals surface area contributed by atoms with Crippen molar-refractivity contribution in [1.29, 1.82) is 0 Å². The monoisotopic (exact) mass is 602 g/mol. The number of carbonyl (C=O) groups is 1. The van der Waals surface area contributed by atoms with Crippen molar-refractivity contribution in [2.24, 2.45) is 0 Å². The largest absolute Gasteiger partial charge is 0.482 e. The van der Waals surface area contributed by atoms with E-state index in [4.69, 9.17) is 24.9 Å². The number of unbranched alkanes of at least 4 members (excludes halogenated alkanes) is 1. The molecule has 0 saturated carbocycles. The molecule has 44 heavy (non-hydrogen) atoms. The summed E-state index contributed by atoms with van der Waals surface area (Å²) in [6.07, 6.45) is 5.16. The molecule has 1 saturated heterocycles. The van der Waals surface area contributed by atoms with E-state index in [-0.39, 0.29) is 6.61 Å². The standard InChI is InChI=1S/C34H46N6O4/c1-3-4-14-30-37-32-33(28-12-5-6-13-29(28)36-34(32)35)40(30)18-9-17-39(16-8-15-38-19-21-43-22-20-38)24-26-10-7-11-27(23-26)44-25-31(41)42-2/h5-7,10-13,23H,3-4,8-9,14-22,24-25H2,1-2H3,(H2,35,36). The number of carbonyl (C=O) groups excluding carboxylic acids is 1. The lowest BCUT2D eigenvalue weighted by Gasteiger charge is -2.28. The second kappa shape index (κ2) is 15.8. The summed E-state index contributed by atoms with van der Waals surface area (Å²) in [5, 5.41) is 1.10. The van der Waals surface area contributed by atoms with Crippen molar-refractivity contribution < 1.29 is 19.0 Å². The zero-order valence-corrected chi connectivity index (χ0v) is 26.2. The van der Waals surface area contributed by atoms with E-state index < -0.39 is 5.97 Å². The lowest BCUT2D eigenvalue weighted by atomic mass is 10.1. The predicted molar refractivity (Wildman–Crippen MR) is 174 cm³/mol. The molecular weight excluding hydrogens is 556 g/mol. The fourth-order valence-electron chi connectivity index (χ4n) is 5.93. The molecule has 5 rings (SSSR count). The molecule has 0 aliphatic carbocycles. The number of para-hydroxylation sites is 1. The van der Waals surface area contributed by atoms with E-state index in [9.17, 15) is 4.79 Å². The Morgan fingerprint density at radius 2 is 1.82 bits per heavy atom. The predicted octanol–water partition coefficient (Wildman–Crippen LogP) is 4.68. The smallest absolute Gasteiger partial charge is 0.343 e. The maximum absolute atomic E-state index is 11.6. The summed E-state index contributed by atoms with van der Waals surface area (Å²) in [7, 11) is 1.37. The molecule has 0 unspecified atom stereocenters. The van der Waals surface area contributed by atoms with Gasteiger partial charge in [0, 0.05) is 44.5 Å². The minimum atomic E-state index is -0.393. The lowest BCUT2D eigenvalue weighted by molar-refractivity contribution is -0.142. The average Bonchev–Trinajstić information content (AvgIpc) is 3.42. The van der Waals surface area contributed by atoms with E-state index in [1.165, 1.54) is 7.11 Å². The van der Waals surface area contributed by atoms with E-state index in [0.29, 0.717) is 11.6 Å². The molecule has 1 fully saturated rings. The Labute approximate surface area is 260 Å². The lowest BCUT2D eigenvalue weighted by Crippen LogP contribution is -2.38. The van der Waals surface area contributed by atoms with E-state index in [0.717, 1.165) is 124 Å². The van der Waals surface area contributed by atoms with Crippen LogP contribution in [-0.4, -0.2) is 90.0 Å². The van der Waals surface area contributed by atoms with Crippen LogP contribution >= 0.6 is 0 Å². The van der Waals surface area contributed by atoms with Crippen LogP contribution in [0, 0.1) is 0 Å². The molecule has 1 aliphatic rings. The van der Waals surface area contributed by atoms with Gasteiger partial charge in [0.15, 0.2) is 12.4 Å². The average molecular weight is 603 g/mol. The van der Waals surface area contributed by atoms with E-state index in [1.807, 2.05) is 30.3 Å². The van der Waals surface area contributed by atoms with Gasteiger partial charge in [0.2, 0.25) is 0 Å². The van der Waals surface area contributed by atoms with Crippen molar-refractivity contribution in [1.82, 2.24) is 24.3 Å². The van der Waals surface area contributed by atoms with Gasteiger partial charge in [-0.1, -0.05) is 43.7 Å². The number of ether oxygens (including phenoxy) is 3. The number of nitrogen functional groups attached to an aromatic ring is 1. The van der Waals surface area contributed by atoms with E-state index >= 15 is 0 Å². The van der Waals surface area contributed by atoms with Crippen molar-refractivity contribution in [2.45, 2.75) is 52.1 Å². The van der Waals surface area contributed by atoms with Crippen LogP contribution in [0.25, 0.3) is 21.9 Å². The minimum absolute atomic E-state index is 0.100. The molecule has 0 atom stereocenters. The molecule has 0 radical (unpaired) electrons. The van der Waals surface area contributed by atoms with Crippen molar-refractivity contribution >= 4 is 33.7 Å². The maximum atomic E-state index is 11.6. The number of esters is 1. The summed E-state index contributed by atoms with van der Waals surface area (Å²) in [6, 6.07) is 16.2. The number of imidazole rings is 1. The minimum Gasteiger partial charge on any atom is -0.482 e. The molecule has 10 nitrogen and oxygen atoms in total. The molecular formula is C34H46N6O4. The molecule has 3 heterocycles. The highest BCUT2D eigenvalue weighted by molar-refractivity contribution is 6.06. The van der Waals surface area contributed by atoms with Crippen LogP contribution in [0.1, 0.15) is 44.0 Å². The zero-order chi connectivity index (χ0) is 30.7. The van der Waals surface area contributed by atoms with Gasteiger partial charge in [-0.3, -0.25) is 9.80 Å². The van der Waals surface area contributed by atoms with Crippen molar-refractivity contribution in [2.75, 3.05) is 65.4 Å². The normalized spacial score (nSPS) is 14.1. The number of nitrogens with two attached hydrogens (primary N) is 1. The van der Waals surface area contributed by atoms with Gasteiger partial charge in [0.25, 0.3) is 0 Å². The Bertz CT molecular complexity index is 1520. The summed E-state index contributed by atoms with van der Waals surface area (Å²) >= 11 is 0. The van der Waals surface area contributed by atoms with E-state index in [1.54, 1.807) is 0 Å². The Kier molecular flexibility index (Phi) is 11.4. The van der Waals surface area contributed by atoms with Gasteiger partial charge < -0.3 is 24.5 Å². The fourth-order valence-corrected chi connectivity index (χ4v) is 5.93. The van der Waals surface area contributed by atoms with Crippen molar-refractivity contribution in [3.63, 3.8) is 0 Å². The topological polar surface area (TPSA) is 108 Å². The number of aromatic nitrogens is 3. The molecule has 0 amide bonds. The van der Waals surface area contributed by atoms with Gasteiger partial charge >= 0.3 is 5.97 Å². The number of morpholine rings is 1. The molecule has 0 spiro atoms. The Hall–Kier alpha value is -3.73. The van der Waals surface area contributed by atoms with Gasteiger partial charge in [-0.05, 0) is 56.1 Å². The molecule has 2 N–H and O–H groups in total. The SMILES string of the molecule is CCCCc1nc2c(N)nc3ccccc3c2n1CCCN(CCCN1CCOCC1)Cc1cccc(OCC(=O)OC)c1. The second-order valence-electron chi connectivity index (χ2n) is 11.4. The summed E-state index contributed by atoms with van der Waals surface area (Å²) in [4.78, 5) is 26.3. The van der Waals surface area contributed by atoms with Crippen LogP contribution in [0.2, 0.25) is 0 Å². The van der Waals surface area contributed by atoms with Crippen LogP contribution in [0.15, 0.2) is 48.5 Å². The molecule has 10 heteroatoms. The van der Waals surface area contributed by atoms with Crippen LogP contribution < -0.4 is 10.5 Å². The Balaban J connectivity index is 1.32. The molecule has 236 valence electrons. The first-order valence-electron chi connectivity index (χ1n) is 15.9. The molecule has 4 aromatic rings. The number of fused-ring (bicyclic) bond motifs is 3. The van der Waals surface area contributed by atoms with Gasteiger partial charge in [-0.25, -0.2) is 14.8 Å². The van der Waals surface area contributed by atoms with Crippen LogP contribution in [0.5, 0.6) is 5.75 Å². The number of aryl methyl sites for hydroxylation is 2. The third-order valence-electron chi connectivity index (χ3n) is 8.24. The van der Waals surface area contributed by atoms with Crippen molar-refractivity contribution in [3.8, 4) is 5.75 Å². The zero-order valence-electron chi connectivity index (χ0n) is 26.2. The first-order chi connectivity index (χ1) is 21.6. The number of hydrogen-bond donors (Lipinski definition) is 1.